The fourth-order valence-electron chi connectivity index (χ4n) is 3.01. The molecule has 1 aliphatic heterocycles. The highest BCUT2D eigenvalue weighted by molar-refractivity contribution is 5.88. The lowest BCUT2D eigenvalue weighted by atomic mass is 10.00. The van der Waals surface area contributed by atoms with Crippen LogP contribution in [0.1, 0.15) is 51.9 Å². The molecule has 0 spiro atoms. The average molecular weight is 281 g/mol. The van der Waals surface area contributed by atoms with E-state index in [4.69, 9.17) is 5.73 Å². The Bertz CT molecular complexity index is 355. The Hall–Kier alpha value is -1.10. The van der Waals surface area contributed by atoms with Gasteiger partial charge in [0.25, 0.3) is 0 Å². The monoisotopic (exact) mass is 281 g/mol. The van der Waals surface area contributed by atoms with Gasteiger partial charge in [-0.05, 0) is 44.4 Å². The average Bonchev–Trinajstić information content (AvgIpc) is 3.29. The summed E-state index contributed by atoms with van der Waals surface area (Å²) >= 11 is 0. The summed E-state index contributed by atoms with van der Waals surface area (Å²) < 4.78 is 0. The van der Waals surface area contributed by atoms with Gasteiger partial charge in [-0.25, -0.2) is 0 Å². The third-order valence-corrected chi connectivity index (χ3v) is 4.36. The third-order valence-electron chi connectivity index (χ3n) is 4.36. The summed E-state index contributed by atoms with van der Waals surface area (Å²) in [5, 5.41) is 3.07. The van der Waals surface area contributed by atoms with Gasteiger partial charge in [0, 0.05) is 25.6 Å². The quantitative estimate of drug-likeness (QED) is 0.763. The molecule has 2 rings (SSSR count). The molecule has 114 valence electrons. The molecule has 0 aromatic heterocycles. The van der Waals surface area contributed by atoms with Crippen molar-refractivity contribution in [1.82, 2.24) is 10.2 Å². The van der Waals surface area contributed by atoms with Crippen molar-refractivity contribution in [3.05, 3.63) is 0 Å². The lowest BCUT2D eigenvalue weighted by Crippen LogP contribution is -2.55. The van der Waals surface area contributed by atoms with Crippen LogP contribution in [0.5, 0.6) is 0 Å². The lowest BCUT2D eigenvalue weighted by Gasteiger charge is -2.35. The number of hydrogen-bond acceptors (Lipinski definition) is 3. The van der Waals surface area contributed by atoms with Gasteiger partial charge in [-0.2, -0.15) is 0 Å². The first-order valence-electron chi connectivity index (χ1n) is 7.97. The smallest absolute Gasteiger partial charge is 0.243 e. The predicted octanol–water partition coefficient (Wildman–Crippen LogP) is 1.02. The predicted molar refractivity (Wildman–Crippen MR) is 78.0 cm³/mol. The minimum atomic E-state index is -0.282. The summed E-state index contributed by atoms with van der Waals surface area (Å²) in [6, 6.07) is -0.192. The molecule has 2 unspecified atom stereocenters. The minimum Gasteiger partial charge on any atom is -0.350 e. The maximum atomic E-state index is 12.5. The van der Waals surface area contributed by atoms with Crippen LogP contribution in [-0.2, 0) is 9.59 Å². The molecule has 5 heteroatoms. The number of carbonyl (C=O) groups excluding carboxylic acids is 2. The van der Waals surface area contributed by atoms with E-state index in [1.165, 1.54) is 0 Å². The van der Waals surface area contributed by atoms with Gasteiger partial charge in [-0.3, -0.25) is 9.59 Å². The summed E-state index contributed by atoms with van der Waals surface area (Å²) in [6.45, 7) is 3.20. The van der Waals surface area contributed by atoms with Crippen molar-refractivity contribution in [1.29, 1.82) is 0 Å². The number of carbonyl (C=O) groups is 2. The summed E-state index contributed by atoms with van der Waals surface area (Å²) in [6.07, 6.45) is 6.48. The molecule has 1 aliphatic carbocycles. The molecule has 0 aromatic rings. The second kappa shape index (κ2) is 7.07. The van der Waals surface area contributed by atoms with Gasteiger partial charge in [0.15, 0.2) is 0 Å². The maximum absolute atomic E-state index is 12.5. The largest absolute Gasteiger partial charge is 0.350 e. The molecular formula is C15H27N3O2. The number of rotatable bonds is 6. The number of hydrogen-bond donors (Lipinski definition) is 2. The highest BCUT2D eigenvalue weighted by atomic mass is 16.2. The molecule has 5 nitrogen and oxygen atoms in total. The van der Waals surface area contributed by atoms with E-state index in [1.54, 1.807) is 4.90 Å². The van der Waals surface area contributed by atoms with Crippen LogP contribution < -0.4 is 11.1 Å². The summed E-state index contributed by atoms with van der Waals surface area (Å²) in [4.78, 5) is 26.4. The van der Waals surface area contributed by atoms with Crippen molar-refractivity contribution < 1.29 is 9.59 Å². The summed E-state index contributed by atoms with van der Waals surface area (Å²) in [5.41, 5.74) is 5.74. The van der Waals surface area contributed by atoms with E-state index in [-0.39, 0.29) is 23.9 Å². The second-order valence-electron chi connectivity index (χ2n) is 6.04. The fourth-order valence-corrected chi connectivity index (χ4v) is 3.01. The van der Waals surface area contributed by atoms with Gasteiger partial charge in [-0.1, -0.05) is 6.92 Å². The van der Waals surface area contributed by atoms with E-state index >= 15 is 0 Å². The Morgan fingerprint density at radius 2 is 2.05 bits per heavy atom. The lowest BCUT2D eigenvalue weighted by molar-refractivity contribution is -0.142. The van der Waals surface area contributed by atoms with Crippen molar-refractivity contribution in [3.8, 4) is 0 Å². The summed E-state index contributed by atoms with van der Waals surface area (Å²) in [7, 11) is 0. The molecule has 2 fully saturated rings. The molecule has 0 radical (unpaired) electrons. The van der Waals surface area contributed by atoms with Crippen molar-refractivity contribution in [2.24, 2.45) is 11.7 Å². The Kier molecular flexibility index (Phi) is 5.40. The van der Waals surface area contributed by atoms with E-state index in [0.717, 1.165) is 38.5 Å². The first kappa shape index (κ1) is 15.3. The Morgan fingerprint density at radius 3 is 2.65 bits per heavy atom. The molecule has 20 heavy (non-hydrogen) atoms. The van der Waals surface area contributed by atoms with Crippen molar-refractivity contribution in [2.75, 3.05) is 13.1 Å². The third kappa shape index (κ3) is 3.72. The molecule has 0 bridgehead atoms. The fraction of sp³-hybridized carbons (Fsp3) is 0.867. The van der Waals surface area contributed by atoms with Crippen LogP contribution in [0.15, 0.2) is 0 Å². The van der Waals surface area contributed by atoms with E-state index in [9.17, 15) is 9.59 Å². The molecule has 2 amide bonds. The highest BCUT2D eigenvalue weighted by Gasteiger charge is 2.36. The molecular weight excluding hydrogens is 254 g/mol. The number of amides is 2. The highest BCUT2D eigenvalue weighted by Crippen LogP contribution is 2.32. The number of nitrogens with zero attached hydrogens (tertiary/aromatic N) is 1. The minimum absolute atomic E-state index is 0.00324. The van der Waals surface area contributed by atoms with Crippen LogP contribution in [0.25, 0.3) is 0 Å². The van der Waals surface area contributed by atoms with E-state index in [0.29, 0.717) is 25.4 Å². The zero-order chi connectivity index (χ0) is 14.5. The van der Waals surface area contributed by atoms with Crippen LogP contribution in [0.3, 0.4) is 0 Å². The van der Waals surface area contributed by atoms with Gasteiger partial charge < -0.3 is 16.0 Å². The topological polar surface area (TPSA) is 75.4 Å². The number of piperidine rings is 1. The molecule has 0 aromatic carbocycles. The van der Waals surface area contributed by atoms with Gasteiger partial charge >= 0.3 is 0 Å². The number of likely N-dealkylation sites (tertiary alicyclic amines) is 1. The van der Waals surface area contributed by atoms with Crippen molar-refractivity contribution >= 4 is 11.8 Å². The van der Waals surface area contributed by atoms with Crippen LogP contribution in [0.4, 0.5) is 0 Å². The van der Waals surface area contributed by atoms with Crippen LogP contribution in [0.2, 0.25) is 0 Å². The summed E-state index contributed by atoms with van der Waals surface area (Å²) in [5.74, 6) is 0.659. The SMILES string of the molecule is CCCC(=O)N1CCCCC1C(=O)NC(CN)C1CC1. The molecule has 1 heterocycles. The van der Waals surface area contributed by atoms with Gasteiger partial charge in [-0.15, -0.1) is 0 Å². The molecule has 1 saturated heterocycles. The zero-order valence-electron chi connectivity index (χ0n) is 12.4. The van der Waals surface area contributed by atoms with Gasteiger partial charge in [0.1, 0.15) is 6.04 Å². The van der Waals surface area contributed by atoms with Gasteiger partial charge in [0.2, 0.25) is 11.8 Å². The Labute approximate surface area is 121 Å². The molecule has 2 aliphatic rings. The van der Waals surface area contributed by atoms with E-state index < -0.39 is 0 Å². The normalized spacial score (nSPS) is 24.3. The first-order valence-corrected chi connectivity index (χ1v) is 7.97. The molecule has 1 saturated carbocycles. The number of nitrogens with two attached hydrogens (primary N) is 1. The molecule has 3 N–H and O–H groups in total. The van der Waals surface area contributed by atoms with E-state index in [1.807, 2.05) is 6.92 Å². The first-order chi connectivity index (χ1) is 9.67. The Balaban J connectivity index is 1.95. The van der Waals surface area contributed by atoms with Crippen LogP contribution >= 0.6 is 0 Å². The van der Waals surface area contributed by atoms with Gasteiger partial charge in [0.05, 0.1) is 0 Å². The standard InChI is InChI=1S/C15H27N3O2/c1-2-5-14(19)18-9-4-3-6-13(18)15(20)17-12(10-16)11-7-8-11/h11-13H,2-10,16H2,1H3,(H,17,20). The van der Waals surface area contributed by atoms with Crippen molar-refractivity contribution in [3.63, 3.8) is 0 Å². The maximum Gasteiger partial charge on any atom is 0.243 e. The molecule has 2 atom stereocenters. The zero-order valence-corrected chi connectivity index (χ0v) is 12.4. The van der Waals surface area contributed by atoms with Crippen LogP contribution in [-0.4, -0.2) is 41.9 Å². The van der Waals surface area contributed by atoms with E-state index in [2.05, 4.69) is 5.32 Å². The number of nitrogens with one attached hydrogen (secondary N) is 1. The second-order valence-corrected chi connectivity index (χ2v) is 6.04. The van der Waals surface area contributed by atoms with Crippen LogP contribution in [0, 0.1) is 5.92 Å². The Morgan fingerprint density at radius 1 is 1.30 bits per heavy atom. The van der Waals surface area contributed by atoms with Crippen molar-refractivity contribution in [2.45, 2.75) is 64.0 Å².